The maximum atomic E-state index is 12.1. The highest BCUT2D eigenvalue weighted by Gasteiger charge is 2.24. The third-order valence-corrected chi connectivity index (χ3v) is 4.66. The lowest BCUT2D eigenvalue weighted by Crippen LogP contribution is -2.40. The van der Waals surface area contributed by atoms with Gasteiger partial charge in [-0.15, -0.1) is 0 Å². The molecule has 2 aromatic rings. The van der Waals surface area contributed by atoms with Crippen molar-refractivity contribution >= 4 is 29.1 Å². The van der Waals surface area contributed by atoms with E-state index in [9.17, 15) is 14.4 Å². The number of hydrogen-bond acceptors (Lipinski definition) is 4. The second-order valence-electron chi connectivity index (χ2n) is 8.40. The summed E-state index contributed by atoms with van der Waals surface area (Å²) in [4.78, 5) is 35.0. The van der Waals surface area contributed by atoms with Crippen molar-refractivity contribution < 1.29 is 19.1 Å². The number of aryl methyl sites for hydroxylation is 1. The number of fused-ring (bicyclic) bond motifs is 1. The van der Waals surface area contributed by atoms with Crippen LogP contribution in [-0.2, 0) is 25.5 Å². The van der Waals surface area contributed by atoms with Gasteiger partial charge < -0.3 is 15.4 Å². The van der Waals surface area contributed by atoms with E-state index in [1.54, 1.807) is 20.8 Å². The van der Waals surface area contributed by atoms with Crippen LogP contribution in [0.25, 0.3) is 10.8 Å². The molecule has 0 aliphatic heterocycles. The number of hydrogen-bond donors (Lipinski definition) is 2. The molecule has 0 saturated carbocycles. The molecule has 2 N–H and O–H groups in total. The summed E-state index contributed by atoms with van der Waals surface area (Å²) in [6, 6.07) is 13.8. The number of rotatable bonds is 11. The Balaban J connectivity index is 1.67. The molecular formula is C24H32N2O4. The molecule has 0 fully saturated rings. The minimum Gasteiger partial charge on any atom is -0.458 e. The SMILES string of the molecule is CC(C)(C)OC(=O)C(CCCCNC(=O)CCc1ccc2ccccc2c1)NC=O. The standard InChI is InChI=1S/C24H32N2O4/c1-24(2,3)30-23(29)21(26-17-27)10-6-7-15-25-22(28)14-12-18-11-13-19-8-4-5-9-20(19)16-18/h4-5,8-9,11,13,16-17,21H,6-7,10,12,14-15H2,1-3H3,(H,25,28)(H,26,27). The minimum atomic E-state index is -0.662. The van der Waals surface area contributed by atoms with Crippen molar-refractivity contribution in [3.05, 3.63) is 48.0 Å². The van der Waals surface area contributed by atoms with Crippen LogP contribution < -0.4 is 10.6 Å². The van der Waals surface area contributed by atoms with Gasteiger partial charge in [0, 0.05) is 13.0 Å². The molecule has 0 bridgehead atoms. The van der Waals surface area contributed by atoms with Crippen LogP contribution in [0.3, 0.4) is 0 Å². The maximum absolute atomic E-state index is 12.1. The topological polar surface area (TPSA) is 84.5 Å². The van der Waals surface area contributed by atoms with Crippen LogP contribution in [-0.4, -0.2) is 36.5 Å². The largest absolute Gasteiger partial charge is 0.458 e. The molecule has 0 aromatic heterocycles. The zero-order chi connectivity index (χ0) is 22.0. The third kappa shape index (κ3) is 8.23. The van der Waals surface area contributed by atoms with E-state index in [-0.39, 0.29) is 5.91 Å². The third-order valence-electron chi connectivity index (χ3n) is 4.66. The zero-order valence-corrected chi connectivity index (χ0v) is 18.1. The number of carbonyl (C=O) groups is 3. The lowest BCUT2D eigenvalue weighted by atomic mass is 10.0. The van der Waals surface area contributed by atoms with Crippen molar-refractivity contribution in [2.45, 2.75) is 64.5 Å². The van der Waals surface area contributed by atoms with Crippen molar-refractivity contribution in [3.8, 4) is 0 Å². The van der Waals surface area contributed by atoms with Gasteiger partial charge in [0.15, 0.2) is 0 Å². The fraction of sp³-hybridized carbons (Fsp3) is 0.458. The first kappa shape index (κ1) is 23.4. The molecule has 1 atom stereocenters. The molecule has 2 amide bonds. The molecule has 2 rings (SSSR count). The van der Waals surface area contributed by atoms with Crippen molar-refractivity contribution in [1.29, 1.82) is 0 Å². The predicted molar refractivity (Wildman–Crippen MR) is 118 cm³/mol. The van der Waals surface area contributed by atoms with Gasteiger partial charge in [-0.25, -0.2) is 4.79 Å². The first-order valence-electron chi connectivity index (χ1n) is 10.5. The number of nitrogens with one attached hydrogen (secondary N) is 2. The van der Waals surface area contributed by atoms with E-state index in [1.807, 2.05) is 12.1 Å². The van der Waals surface area contributed by atoms with Gasteiger partial charge in [0.05, 0.1) is 0 Å². The highest BCUT2D eigenvalue weighted by atomic mass is 16.6. The normalized spacial score (nSPS) is 12.2. The highest BCUT2D eigenvalue weighted by Crippen LogP contribution is 2.16. The number of amides is 2. The van der Waals surface area contributed by atoms with Crippen molar-refractivity contribution in [2.75, 3.05) is 6.54 Å². The summed E-state index contributed by atoms with van der Waals surface area (Å²) >= 11 is 0. The van der Waals surface area contributed by atoms with Gasteiger partial charge in [0.25, 0.3) is 0 Å². The van der Waals surface area contributed by atoms with Crippen molar-refractivity contribution in [1.82, 2.24) is 10.6 Å². The molecule has 2 aromatic carbocycles. The molecule has 162 valence electrons. The van der Waals surface area contributed by atoms with Crippen LogP contribution in [0.5, 0.6) is 0 Å². The monoisotopic (exact) mass is 412 g/mol. The van der Waals surface area contributed by atoms with Gasteiger partial charge in [-0.1, -0.05) is 42.5 Å². The summed E-state index contributed by atoms with van der Waals surface area (Å²) in [6.07, 6.45) is 3.53. The summed E-state index contributed by atoms with van der Waals surface area (Å²) < 4.78 is 5.32. The fourth-order valence-electron chi connectivity index (χ4n) is 3.17. The number of carbonyl (C=O) groups excluding carboxylic acids is 3. The molecule has 6 heteroatoms. The van der Waals surface area contributed by atoms with Crippen molar-refractivity contribution in [3.63, 3.8) is 0 Å². The summed E-state index contributed by atoms with van der Waals surface area (Å²) in [7, 11) is 0. The second kappa shape index (κ2) is 11.3. The first-order chi connectivity index (χ1) is 14.3. The summed E-state index contributed by atoms with van der Waals surface area (Å²) in [5.41, 5.74) is 0.544. The summed E-state index contributed by atoms with van der Waals surface area (Å²) in [6.45, 7) is 5.90. The van der Waals surface area contributed by atoms with E-state index >= 15 is 0 Å². The Bertz CT molecular complexity index is 858. The average Bonchev–Trinajstić information content (AvgIpc) is 2.69. The molecule has 0 radical (unpaired) electrons. The summed E-state index contributed by atoms with van der Waals surface area (Å²) in [5.74, 6) is -0.424. The molecule has 0 heterocycles. The highest BCUT2D eigenvalue weighted by molar-refractivity contribution is 5.83. The van der Waals surface area contributed by atoms with Crippen LogP contribution in [0.1, 0.15) is 52.0 Å². The Morgan fingerprint density at radius 2 is 1.80 bits per heavy atom. The van der Waals surface area contributed by atoms with E-state index in [4.69, 9.17) is 4.74 Å². The van der Waals surface area contributed by atoms with E-state index in [0.29, 0.717) is 38.6 Å². The number of benzene rings is 2. The molecule has 1 unspecified atom stereocenters. The van der Waals surface area contributed by atoms with Crippen molar-refractivity contribution in [2.24, 2.45) is 0 Å². The number of esters is 1. The average molecular weight is 413 g/mol. The molecule has 30 heavy (non-hydrogen) atoms. The Labute approximate surface area is 178 Å². The first-order valence-corrected chi connectivity index (χ1v) is 10.5. The fourth-order valence-corrected chi connectivity index (χ4v) is 3.17. The van der Waals surface area contributed by atoms with Crippen LogP contribution in [0.4, 0.5) is 0 Å². The van der Waals surface area contributed by atoms with E-state index < -0.39 is 17.6 Å². The molecule has 0 saturated heterocycles. The van der Waals surface area contributed by atoms with Crippen LogP contribution in [0.15, 0.2) is 42.5 Å². The Kier molecular flexibility index (Phi) is 8.84. The lowest BCUT2D eigenvalue weighted by molar-refractivity contribution is -0.158. The molecule has 0 spiro atoms. The quantitative estimate of drug-likeness (QED) is 0.336. The van der Waals surface area contributed by atoms with Gasteiger partial charge in [-0.05, 0) is 62.8 Å². The summed E-state index contributed by atoms with van der Waals surface area (Å²) in [5, 5.41) is 7.80. The van der Waals surface area contributed by atoms with Gasteiger partial charge in [0.2, 0.25) is 12.3 Å². The molecule has 0 aliphatic carbocycles. The molecule has 6 nitrogen and oxygen atoms in total. The smallest absolute Gasteiger partial charge is 0.329 e. The predicted octanol–water partition coefficient (Wildman–Crippen LogP) is 3.52. The van der Waals surface area contributed by atoms with Crippen LogP contribution in [0.2, 0.25) is 0 Å². The van der Waals surface area contributed by atoms with Gasteiger partial charge >= 0.3 is 5.97 Å². The van der Waals surface area contributed by atoms with Gasteiger partial charge in [-0.3, -0.25) is 9.59 Å². The minimum absolute atomic E-state index is 0.0119. The number of ether oxygens (including phenoxy) is 1. The zero-order valence-electron chi connectivity index (χ0n) is 18.1. The van der Waals surface area contributed by atoms with Gasteiger partial charge in [0.1, 0.15) is 11.6 Å². The Morgan fingerprint density at radius 3 is 2.50 bits per heavy atom. The number of unbranched alkanes of at least 4 members (excludes halogenated alkanes) is 1. The van der Waals surface area contributed by atoms with E-state index in [2.05, 4.69) is 41.0 Å². The van der Waals surface area contributed by atoms with E-state index in [1.165, 1.54) is 10.8 Å². The van der Waals surface area contributed by atoms with E-state index in [0.717, 1.165) is 12.0 Å². The Morgan fingerprint density at radius 1 is 1.07 bits per heavy atom. The molecular weight excluding hydrogens is 380 g/mol. The molecule has 0 aliphatic rings. The van der Waals surface area contributed by atoms with Crippen LogP contribution in [0, 0.1) is 0 Å². The van der Waals surface area contributed by atoms with Gasteiger partial charge in [-0.2, -0.15) is 0 Å². The second-order valence-corrected chi connectivity index (χ2v) is 8.40. The Hall–Kier alpha value is -2.89. The maximum Gasteiger partial charge on any atom is 0.329 e. The van der Waals surface area contributed by atoms with Crippen LogP contribution >= 0.6 is 0 Å². The lowest BCUT2D eigenvalue weighted by Gasteiger charge is -2.23.